The van der Waals surface area contributed by atoms with Crippen LogP contribution in [-0.2, 0) is 0 Å². The van der Waals surface area contributed by atoms with E-state index in [1.165, 1.54) is 63.0 Å². The van der Waals surface area contributed by atoms with Gasteiger partial charge < -0.3 is 10.2 Å². The molecule has 108 valence electrons. The molecular weight excluding hydrogens is 246 g/mol. The van der Waals surface area contributed by atoms with Gasteiger partial charge in [-0.2, -0.15) is 0 Å². The van der Waals surface area contributed by atoms with Gasteiger partial charge in [-0.25, -0.2) is 0 Å². The Balaban J connectivity index is 1.61. The minimum absolute atomic E-state index is 0.980. The average Bonchev–Trinajstić information content (AvgIpc) is 2.78. The van der Waals surface area contributed by atoms with Gasteiger partial charge in [-0.1, -0.05) is 6.42 Å². The summed E-state index contributed by atoms with van der Waals surface area (Å²) in [6.07, 6.45) is 8.94. The molecule has 0 unspecified atom stereocenters. The van der Waals surface area contributed by atoms with Gasteiger partial charge in [0.1, 0.15) is 5.84 Å². The van der Waals surface area contributed by atoms with Crippen molar-refractivity contribution < 1.29 is 0 Å². The van der Waals surface area contributed by atoms with Gasteiger partial charge in [0.2, 0.25) is 0 Å². The molecule has 20 heavy (non-hydrogen) atoms. The number of hydrogen-bond acceptors (Lipinski definition) is 3. The van der Waals surface area contributed by atoms with Crippen molar-refractivity contribution in [2.24, 2.45) is 4.99 Å². The van der Waals surface area contributed by atoms with E-state index in [-0.39, 0.29) is 0 Å². The first-order valence-corrected chi connectivity index (χ1v) is 8.07. The number of rotatable bonds is 2. The summed E-state index contributed by atoms with van der Waals surface area (Å²) in [6.45, 7) is 3.40. The lowest BCUT2D eigenvalue weighted by Gasteiger charge is -2.28. The Bertz CT molecular complexity index is 444. The minimum Gasteiger partial charge on any atom is -0.372 e. The van der Waals surface area contributed by atoms with Crippen LogP contribution in [0, 0.1) is 0 Å². The lowest BCUT2D eigenvalue weighted by Crippen LogP contribution is -2.29. The van der Waals surface area contributed by atoms with Gasteiger partial charge in [-0.3, -0.25) is 4.99 Å². The molecule has 0 aromatic heterocycles. The van der Waals surface area contributed by atoms with Gasteiger partial charge in [0.05, 0.1) is 0 Å². The van der Waals surface area contributed by atoms with Gasteiger partial charge in [-0.05, 0) is 56.4 Å². The van der Waals surface area contributed by atoms with E-state index in [1.54, 1.807) is 0 Å². The van der Waals surface area contributed by atoms with E-state index < -0.39 is 0 Å². The van der Waals surface area contributed by atoms with E-state index in [9.17, 15) is 0 Å². The van der Waals surface area contributed by atoms with Crippen LogP contribution in [0.15, 0.2) is 29.3 Å². The first-order chi connectivity index (χ1) is 9.92. The summed E-state index contributed by atoms with van der Waals surface area (Å²) in [7, 11) is 0. The monoisotopic (exact) mass is 271 g/mol. The summed E-state index contributed by atoms with van der Waals surface area (Å²) < 4.78 is 0. The van der Waals surface area contributed by atoms with Crippen LogP contribution in [0.1, 0.15) is 44.9 Å². The molecule has 1 aromatic rings. The van der Waals surface area contributed by atoms with Crippen molar-refractivity contribution in [3.63, 3.8) is 0 Å². The highest BCUT2D eigenvalue weighted by Gasteiger charge is 2.11. The van der Waals surface area contributed by atoms with Crippen LogP contribution in [0.5, 0.6) is 0 Å². The van der Waals surface area contributed by atoms with E-state index in [2.05, 4.69) is 39.5 Å². The zero-order chi connectivity index (χ0) is 13.6. The molecule has 1 aromatic carbocycles. The van der Waals surface area contributed by atoms with Crippen LogP contribution in [0.25, 0.3) is 0 Å². The lowest BCUT2D eigenvalue weighted by molar-refractivity contribution is 0.578. The summed E-state index contributed by atoms with van der Waals surface area (Å²) in [5.41, 5.74) is 2.53. The molecule has 3 heteroatoms. The molecule has 2 aliphatic heterocycles. The van der Waals surface area contributed by atoms with Crippen LogP contribution in [0.2, 0.25) is 0 Å². The van der Waals surface area contributed by atoms with E-state index >= 15 is 0 Å². The molecule has 1 N–H and O–H groups in total. The van der Waals surface area contributed by atoms with Crippen molar-refractivity contribution >= 4 is 17.2 Å². The largest absolute Gasteiger partial charge is 0.372 e. The Kier molecular flexibility index (Phi) is 4.57. The van der Waals surface area contributed by atoms with Gasteiger partial charge in [-0.15, -0.1) is 0 Å². The molecule has 0 bridgehead atoms. The van der Waals surface area contributed by atoms with Crippen LogP contribution < -0.4 is 10.2 Å². The fourth-order valence-electron chi connectivity index (χ4n) is 3.05. The SMILES string of the molecule is c1cc(N2CCCCC2)ccc1NC1=NCCCCC1. The van der Waals surface area contributed by atoms with Crippen LogP contribution >= 0.6 is 0 Å². The second kappa shape index (κ2) is 6.78. The molecule has 3 rings (SSSR count). The second-order valence-corrected chi connectivity index (χ2v) is 5.86. The summed E-state index contributed by atoms with van der Waals surface area (Å²) >= 11 is 0. The number of benzene rings is 1. The van der Waals surface area contributed by atoms with E-state index in [1.807, 2.05) is 0 Å². The van der Waals surface area contributed by atoms with Crippen molar-refractivity contribution in [1.82, 2.24) is 0 Å². The number of nitrogens with one attached hydrogen (secondary N) is 1. The number of anilines is 2. The predicted octanol–water partition coefficient (Wildman–Crippen LogP) is 4.06. The first kappa shape index (κ1) is 13.5. The Morgan fingerprint density at radius 3 is 2.40 bits per heavy atom. The molecule has 2 heterocycles. The highest BCUT2D eigenvalue weighted by molar-refractivity contribution is 5.95. The smallest absolute Gasteiger partial charge is 0.101 e. The molecule has 0 aliphatic carbocycles. The Labute approximate surface area is 122 Å². The molecule has 1 saturated heterocycles. The molecule has 0 atom stereocenters. The number of piperidine rings is 1. The van der Waals surface area contributed by atoms with Gasteiger partial charge >= 0.3 is 0 Å². The summed E-state index contributed by atoms with van der Waals surface area (Å²) in [4.78, 5) is 7.12. The van der Waals surface area contributed by atoms with Crippen molar-refractivity contribution in [3.05, 3.63) is 24.3 Å². The van der Waals surface area contributed by atoms with Gasteiger partial charge in [0.25, 0.3) is 0 Å². The van der Waals surface area contributed by atoms with Crippen LogP contribution in [-0.4, -0.2) is 25.5 Å². The lowest BCUT2D eigenvalue weighted by atomic mass is 10.1. The predicted molar refractivity (Wildman–Crippen MR) is 86.9 cm³/mol. The second-order valence-electron chi connectivity index (χ2n) is 5.86. The number of nitrogens with zero attached hydrogens (tertiary/aromatic N) is 2. The van der Waals surface area contributed by atoms with E-state index in [4.69, 9.17) is 0 Å². The highest BCUT2D eigenvalue weighted by Crippen LogP contribution is 2.22. The molecule has 2 aliphatic rings. The third-order valence-corrected chi connectivity index (χ3v) is 4.25. The fraction of sp³-hybridized carbons (Fsp3) is 0.588. The average molecular weight is 271 g/mol. The topological polar surface area (TPSA) is 27.6 Å². The number of hydrogen-bond donors (Lipinski definition) is 1. The van der Waals surface area contributed by atoms with Gasteiger partial charge in [0, 0.05) is 37.4 Å². The maximum Gasteiger partial charge on any atom is 0.101 e. The standard InChI is InChI=1S/C17H25N3/c1-3-7-17(18-12-4-1)19-15-8-10-16(11-9-15)20-13-5-2-6-14-20/h8-11H,1-7,12-14H2,(H,18,19). The quantitative estimate of drug-likeness (QED) is 0.878. The van der Waals surface area contributed by atoms with Crippen molar-refractivity contribution in [1.29, 1.82) is 0 Å². The molecule has 3 nitrogen and oxygen atoms in total. The maximum absolute atomic E-state index is 4.63. The molecular formula is C17H25N3. The van der Waals surface area contributed by atoms with E-state index in [0.29, 0.717) is 0 Å². The van der Waals surface area contributed by atoms with Crippen LogP contribution in [0.4, 0.5) is 11.4 Å². The van der Waals surface area contributed by atoms with Crippen molar-refractivity contribution in [2.45, 2.75) is 44.9 Å². The summed E-state index contributed by atoms with van der Waals surface area (Å²) in [6, 6.07) is 8.87. The summed E-state index contributed by atoms with van der Waals surface area (Å²) in [5.74, 6) is 1.16. The molecule has 0 radical (unpaired) electrons. The molecule has 0 spiro atoms. The van der Waals surface area contributed by atoms with Crippen molar-refractivity contribution in [2.75, 3.05) is 29.9 Å². The number of aliphatic imine (C=N–C) groups is 1. The van der Waals surface area contributed by atoms with E-state index in [0.717, 1.165) is 18.8 Å². The summed E-state index contributed by atoms with van der Waals surface area (Å²) in [5, 5.41) is 3.48. The third kappa shape index (κ3) is 3.53. The Morgan fingerprint density at radius 2 is 1.60 bits per heavy atom. The molecule has 0 saturated carbocycles. The van der Waals surface area contributed by atoms with Crippen LogP contribution in [0.3, 0.4) is 0 Å². The highest BCUT2D eigenvalue weighted by atomic mass is 15.1. The maximum atomic E-state index is 4.63. The van der Waals surface area contributed by atoms with Crippen molar-refractivity contribution in [3.8, 4) is 0 Å². The molecule has 0 amide bonds. The minimum atomic E-state index is 0.980. The number of amidine groups is 1. The molecule has 1 fully saturated rings. The third-order valence-electron chi connectivity index (χ3n) is 4.25. The zero-order valence-electron chi connectivity index (χ0n) is 12.3. The first-order valence-electron chi connectivity index (χ1n) is 8.07. The Hall–Kier alpha value is -1.51. The Morgan fingerprint density at radius 1 is 0.850 bits per heavy atom. The fourth-order valence-corrected chi connectivity index (χ4v) is 3.05. The normalized spacial score (nSPS) is 20.2. The zero-order valence-corrected chi connectivity index (χ0v) is 12.3. The van der Waals surface area contributed by atoms with Gasteiger partial charge in [0.15, 0.2) is 0 Å².